The fraction of sp³-hybridized carbons (Fsp3) is 0. The van der Waals surface area contributed by atoms with E-state index in [9.17, 15) is 0 Å². The van der Waals surface area contributed by atoms with Gasteiger partial charge in [0, 0.05) is 12.1 Å². The van der Waals surface area contributed by atoms with E-state index in [4.69, 9.17) is 25.6 Å². The number of nitrogens with zero attached hydrogens (tertiary/aromatic N) is 2. The van der Waals surface area contributed by atoms with Crippen LogP contribution in [0.4, 0.5) is 5.69 Å². The first-order valence-corrected chi connectivity index (χ1v) is 4.61. The van der Waals surface area contributed by atoms with Crippen LogP contribution in [0.1, 0.15) is 0 Å². The van der Waals surface area contributed by atoms with Crippen molar-refractivity contribution in [1.29, 1.82) is 0 Å². The fourth-order valence-electron chi connectivity index (χ4n) is 1.23. The number of para-hydroxylation sites is 1. The Morgan fingerprint density at radius 3 is 2.38 bits per heavy atom. The monoisotopic (exact) mass is 208 g/mol. The lowest BCUT2D eigenvalue weighted by Crippen LogP contribution is -2.42. The van der Waals surface area contributed by atoms with E-state index >= 15 is 0 Å². The third kappa shape index (κ3) is 1.37. The van der Waals surface area contributed by atoms with E-state index < -0.39 is 0 Å². The van der Waals surface area contributed by atoms with Crippen LogP contribution in [-0.4, -0.2) is 10.3 Å². The van der Waals surface area contributed by atoms with Crippen molar-refractivity contribution in [3.8, 4) is 0 Å². The molecule has 2 nitrogen and oxygen atoms in total. The number of hydrogen-bond donors (Lipinski definition) is 0. The third-order valence-electron chi connectivity index (χ3n) is 1.92. The summed E-state index contributed by atoms with van der Waals surface area (Å²) in [6.45, 7) is 0. The third-order valence-corrected chi connectivity index (χ3v) is 2.91. The fourth-order valence-corrected chi connectivity index (χ4v) is 1.70. The van der Waals surface area contributed by atoms with Crippen molar-refractivity contribution in [2.24, 2.45) is 0 Å². The molecule has 0 aliphatic carbocycles. The summed E-state index contributed by atoms with van der Waals surface area (Å²) in [5.41, 5.74) is 0.984. The van der Waals surface area contributed by atoms with Crippen LogP contribution in [0.2, 0.25) is 0 Å². The van der Waals surface area contributed by atoms with Crippen LogP contribution in [0.25, 0.3) is 0 Å². The molecule has 13 heavy (non-hydrogen) atoms. The first-order valence-electron chi connectivity index (χ1n) is 3.88. The number of hydrogen-bond acceptors (Lipinski definition) is 2. The molecule has 0 bridgehead atoms. The Bertz CT molecular complexity index is 372. The smallest absolute Gasteiger partial charge is 0.209 e. The highest BCUT2D eigenvalue weighted by Crippen LogP contribution is 2.23. The normalized spacial score (nSPS) is 26.1. The van der Waals surface area contributed by atoms with Crippen LogP contribution >= 0.6 is 0 Å². The molecule has 4 heteroatoms. The van der Waals surface area contributed by atoms with Crippen molar-refractivity contribution in [1.82, 2.24) is 4.00 Å². The van der Waals surface area contributed by atoms with Gasteiger partial charge in [0.15, 0.2) is 5.69 Å². The molecular weight excluding hydrogens is 200 g/mol. The second kappa shape index (κ2) is 3.14. The summed E-state index contributed by atoms with van der Waals surface area (Å²) in [6, 6.07) is 9.81. The Morgan fingerprint density at radius 1 is 1.15 bits per heavy atom. The van der Waals surface area contributed by atoms with Gasteiger partial charge >= 0.3 is 0 Å². The van der Waals surface area contributed by atoms with Gasteiger partial charge in [0.1, 0.15) is 6.20 Å². The van der Waals surface area contributed by atoms with Gasteiger partial charge < -0.3 is 25.6 Å². The number of rotatable bonds is 1. The number of benzene rings is 1. The van der Waals surface area contributed by atoms with E-state index in [-0.39, 0.29) is 4.00 Å². The molecule has 1 aromatic rings. The molecule has 1 unspecified atom stereocenters. The molecule has 0 radical (unpaired) electrons. The summed E-state index contributed by atoms with van der Waals surface area (Å²) in [6.07, 6.45) is 5.53. The van der Waals surface area contributed by atoms with Crippen molar-refractivity contribution in [3.05, 3.63) is 42.6 Å². The van der Waals surface area contributed by atoms with Gasteiger partial charge in [0.25, 0.3) is 0 Å². The topological polar surface area (TPSA) is 3.01 Å². The Morgan fingerprint density at radius 2 is 1.85 bits per heavy atom. The Balaban J connectivity index is 2.47. The maximum atomic E-state index is 5.40. The molecule has 0 saturated carbocycles. The van der Waals surface area contributed by atoms with Crippen LogP contribution in [0.5, 0.6) is 0 Å². The SMILES string of the molecule is [S-][N+]1=CC=C[N+]1([S-])c1ccccc1. The maximum absolute atomic E-state index is 5.40. The van der Waals surface area contributed by atoms with Gasteiger partial charge in [-0.3, -0.25) is 0 Å². The second-order valence-electron chi connectivity index (χ2n) is 2.75. The molecule has 1 aromatic carbocycles. The van der Waals surface area contributed by atoms with Crippen molar-refractivity contribution in [2.45, 2.75) is 0 Å². The second-order valence-corrected chi connectivity index (χ2v) is 3.68. The zero-order valence-corrected chi connectivity index (χ0v) is 8.46. The maximum Gasteiger partial charge on any atom is 0.209 e. The van der Waals surface area contributed by atoms with Gasteiger partial charge in [0.2, 0.25) is 6.21 Å². The largest absolute Gasteiger partial charge is 0.409 e. The summed E-state index contributed by atoms with van der Waals surface area (Å²) < 4.78 is 1.68. The lowest BCUT2D eigenvalue weighted by molar-refractivity contribution is -0.464. The average molecular weight is 208 g/mol. The minimum atomic E-state index is 0.121. The van der Waals surface area contributed by atoms with Crippen molar-refractivity contribution < 1.29 is 4.09 Å². The molecule has 1 aliphatic rings. The van der Waals surface area contributed by atoms with Crippen molar-refractivity contribution in [3.63, 3.8) is 0 Å². The highest BCUT2D eigenvalue weighted by atomic mass is 32.1. The molecule has 0 N–H and O–H groups in total. The van der Waals surface area contributed by atoms with E-state index in [2.05, 4.69) is 0 Å². The van der Waals surface area contributed by atoms with Crippen molar-refractivity contribution >= 4 is 37.5 Å². The molecule has 0 aromatic heterocycles. The van der Waals surface area contributed by atoms with Gasteiger partial charge in [-0.05, 0) is 0 Å². The summed E-state index contributed by atoms with van der Waals surface area (Å²) in [5.74, 6) is 0. The Labute approximate surface area is 88.5 Å². The van der Waals surface area contributed by atoms with E-state index in [0.29, 0.717) is 0 Å². The molecule has 0 spiro atoms. The Kier molecular flexibility index (Phi) is 2.11. The van der Waals surface area contributed by atoms with Crippen molar-refractivity contribution in [2.75, 3.05) is 0 Å². The van der Waals surface area contributed by atoms with Gasteiger partial charge in [-0.25, -0.2) is 0 Å². The van der Waals surface area contributed by atoms with Crippen LogP contribution in [-0.2, 0) is 25.6 Å². The zero-order valence-electron chi connectivity index (χ0n) is 6.83. The molecular formula is C9H8N2S2. The number of allylic oxidation sites excluding steroid dienone is 1. The minimum Gasteiger partial charge on any atom is -0.409 e. The molecule has 0 saturated heterocycles. The van der Waals surface area contributed by atoms with E-state index in [1.807, 2.05) is 42.6 Å². The Hall–Kier alpha value is -0.840. The summed E-state index contributed by atoms with van der Waals surface area (Å²) >= 11 is 10.5. The zero-order chi connectivity index (χ0) is 9.31. The minimum absolute atomic E-state index is 0.121. The van der Waals surface area contributed by atoms with Gasteiger partial charge in [-0.1, -0.05) is 18.2 Å². The number of quaternary nitrogens is 1. The quantitative estimate of drug-likeness (QED) is 0.390. The highest BCUT2D eigenvalue weighted by Gasteiger charge is 2.23. The molecule has 1 heterocycles. The highest BCUT2D eigenvalue weighted by molar-refractivity contribution is 7.59. The predicted octanol–water partition coefficient (Wildman–Crippen LogP) is 1.44. The first kappa shape index (κ1) is 8.74. The van der Waals surface area contributed by atoms with Gasteiger partial charge in [-0.15, -0.1) is 0 Å². The van der Waals surface area contributed by atoms with Gasteiger partial charge in [-0.2, -0.15) is 8.09 Å². The predicted molar refractivity (Wildman–Crippen MR) is 58.4 cm³/mol. The lowest BCUT2D eigenvalue weighted by Gasteiger charge is -2.33. The van der Waals surface area contributed by atoms with E-state index in [1.165, 1.54) is 0 Å². The van der Waals surface area contributed by atoms with Crippen LogP contribution in [0, 0.1) is 0 Å². The molecule has 0 fully saturated rings. The lowest BCUT2D eigenvalue weighted by atomic mass is 10.3. The van der Waals surface area contributed by atoms with E-state index in [0.717, 1.165) is 5.69 Å². The molecule has 2 rings (SSSR count). The summed E-state index contributed by atoms with van der Waals surface area (Å²) in [7, 11) is 0. The van der Waals surface area contributed by atoms with E-state index in [1.54, 1.807) is 10.3 Å². The van der Waals surface area contributed by atoms with Crippen LogP contribution in [0.3, 0.4) is 0 Å². The first-order chi connectivity index (χ1) is 6.23. The molecule has 1 atom stereocenters. The molecule has 0 amide bonds. The summed E-state index contributed by atoms with van der Waals surface area (Å²) in [4.78, 5) is 0. The standard InChI is InChI=1S/C9H8N2S2/c12-10-7-4-8-11(10,13)9-5-2-1-3-6-9/h1-8H. The van der Waals surface area contributed by atoms with Crippen LogP contribution < -0.4 is 4.00 Å². The molecule has 1 aliphatic heterocycles. The molecule has 66 valence electrons. The summed E-state index contributed by atoms with van der Waals surface area (Å²) in [5, 5.41) is 0. The average Bonchev–Trinajstić information content (AvgIpc) is 2.50. The van der Waals surface area contributed by atoms with Gasteiger partial charge in [0.05, 0.1) is 6.08 Å². The van der Waals surface area contributed by atoms with Crippen LogP contribution in [0.15, 0.2) is 42.6 Å².